The highest BCUT2D eigenvalue weighted by Gasteiger charge is 2.30. The summed E-state index contributed by atoms with van der Waals surface area (Å²) in [6.45, 7) is 0.659. The molecule has 6 heteroatoms. The summed E-state index contributed by atoms with van der Waals surface area (Å²) in [4.78, 5) is 17.2. The molecule has 1 atom stereocenters. The van der Waals surface area contributed by atoms with Crippen molar-refractivity contribution in [3.63, 3.8) is 0 Å². The molecule has 1 unspecified atom stereocenters. The number of benzene rings is 1. The van der Waals surface area contributed by atoms with E-state index in [0.29, 0.717) is 18.3 Å². The molecule has 3 rings (SSSR count). The molecule has 1 amide bonds. The Morgan fingerprint density at radius 2 is 2.38 bits per heavy atom. The SMILES string of the molecule is NCC#Cc1cnc(NC(=O)C2COc3ccccc32)s1. The van der Waals surface area contributed by atoms with E-state index in [4.69, 9.17) is 10.5 Å². The van der Waals surface area contributed by atoms with E-state index in [1.165, 1.54) is 11.3 Å². The van der Waals surface area contributed by atoms with Crippen LogP contribution in [0, 0.1) is 11.8 Å². The number of para-hydroxylation sites is 1. The maximum Gasteiger partial charge on any atom is 0.237 e. The third kappa shape index (κ3) is 2.89. The number of nitrogens with two attached hydrogens (primary N) is 1. The van der Waals surface area contributed by atoms with Crippen LogP contribution in [0.5, 0.6) is 5.75 Å². The second-order valence-electron chi connectivity index (χ2n) is 4.43. The number of anilines is 1. The Bertz CT molecular complexity index is 730. The second kappa shape index (κ2) is 5.95. The number of hydrogen-bond acceptors (Lipinski definition) is 5. The molecule has 3 N–H and O–H groups in total. The smallest absolute Gasteiger partial charge is 0.237 e. The molecule has 106 valence electrons. The summed E-state index contributed by atoms with van der Waals surface area (Å²) in [6.07, 6.45) is 1.63. The highest BCUT2D eigenvalue weighted by atomic mass is 32.1. The van der Waals surface area contributed by atoms with E-state index in [9.17, 15) is 4.79 Å². The number of aromatic nitrogens is 1. The lowest BCUT2D eigenvalue weighted by Crippen LogP contribution is -2.22. The van der Waals surface area contributed by atoms with Crippen LogP contribution in [0.4, 0.5) is 5.13 Å². The zero-order chi connectivity index (χ0) is 14.7. The number of thiazole rings is 1. The molecule has 0 saturated carbocycles. The lowest BCUT2D eigenvalue weighted by atomic mass is 10.0. The van der Waals surface area contributed by atoms with Crippen LogP contribution < -0.4 is 15.8 Å². The van der Waals surface area contributed by atoms with Gasteiger partial charge in [0.15, 0.2) is 5.13 Å². The molecule has 0 bridgehead atoms. The van der Waals surface area contributed by atoms with Crippen LogP contribution in [0.1, 0.15) is 16.4 Å². The number of carbonyl (C=O) groups excluding carboxylic acids is 1. The maximum atomic E-state index is 12.3. The zero-order valence-electron chi connectivity index (χ0n) is 11.1. The summed E-state index contributed by atoms with van der Waals surface area (Å²) in [5, 5.41) is 3.34. The molecule has 0 radical (unpaired) electrons. The van der Waals surface area contributed by atoms with E-state index < -0.39 is 0 Å². The first-order chi connectivity index (χ1) is 10.3. The van der Waals surface area contributed by atoms with Crippen LogP contribution >= 0.6 is 11.3 Å². The monoisotopic (exact) mass is 299 g/mol. The summed E-state index contributed by atoms with van der Waals surface area (Å²) < 4.78 is 5.51. The molecule has 21 heavy (non-hydrogen) atoms. The zero-order valence-corrected chi connectivity index (χ0v) is 11.9. The molecule has 0 fully saturated rings. The largest absolute Gasteiger partial charge is 0.492 e. The van der Waals surface area contributed by atoms with Crippen LogP contribution in [0.3, 0.4) is 0 Å². The summed E-state index contributed by atoms with van der Waals surface area (Å²) in [5.74, 6) is 5.99. The van der Waals surface area contributed by atoms with Gasteiger partial charge in [0, 0.05) is 5.56 Å². The van der Waals surface area contributed by atoms with E-state index in [1.807, 2.05) is 24.3 Å². The van der Waals surface area contributed by atoms with Gasteiger partial charge in [0.05, 0.1) is 17.6 Å². The average molecular weight is 299 g/mol. The summed E-state index contributed by atoms with van der Waals surface area (Å²) >= 11 is 1.33. The van der Waals surface area contributed by atoms with Gasteiger partial charge < -0.3 is 15.8 Å². The Morgan fingerprint density at radius 1 is 1.52 bits per heavy atom. The molecule has 2 aromatic rings. The van der Waals surface area contributed by atoms with E-state index in [1.54, 1.807) is 6.20 Å². The van der Waals surface area contributed by atoms with Crippen LogP contribution in [0.2, 0.25) is 0 Å². The van der Waals surface area contributed by atoms with Crippen molar-refractivity contribution in [2.75, 3.05) is 18.5 Å². The summed E-state index contributed by atoms with van der Waals surface area (Å²) in [7, 11) is 0. The molecule has 1 aromatic heterocycles. The first-order valence-corrected chi connectivity index (χ1v) is 7.27. The van der Waals surface area contributed by atoms with Crippen molar-refractivity contribution in [3.8, 4) is 17.6 Å². The molecule has 0 aliphatic carbocycles. The van der Waals surface area contributed by atoms with Gasteiger partial charge in [0.25, 0.3) is 0 Å². The lowest BCUT2D eigenvalue weighted by molar-refractivity contribution is -0.117. The molecule has 1 aliphatic heterocycles. The van der Waals surface area contributed by atoms with Crippen LogP contribution in [-0.2, 0) is 4.79 Å². The Balaban J connectivity index is 1.71. The number of ether oxygens (including phenoxy) is 1. The van der Waals surface area contributed by atoms with E-state index in [2.05, 4.69) is 22.1 Å². The number of amides is 1. The summed E-state index contributed by atoms with van der Waals surface area (Å²) in [6, 6.07) is 7.57. The fourth-order valence-corrected chi connectivity index (χ4v) is 2.79. The quantitative estimate of drug-likeness (QED) is 0.825. The minimum absolute atomic E-state index is 0.118. The van der Waals surface area contributed by atoms with Crippen molar-refractivity contribution in [2.24, 2.45) is 5.73 Å². The van der Waals surface area contributed by atoms with Crippen molar-refractivity contribution in [3.05, 3.63) is 40.9 Å². The number of nitrogens with one attached hydrogen (secondary N) is 1. The molecule has 0 spiro atoms. The fraction of sp³-hybridized carbons (Fsp3) is 0.200. The van der Waals surface area contributed by atoms with Crippen molar-refractivity contribution in [1.82, 2.24) is 4.98 Å². The number of carbonyl (C=O) groups is 1. The fourth-order valence-electron chi connectivity index (χ4n) is 2.10. The topological polar surface area (TPSA) is 77.2 Å². The third-order valence-electron chi connectivity index (χ3n) is 3.07. The van der Waals surface area contributed by atoms with Gasteiger partial charge in [0.1, 0.15) is 18.3 Å². The molecule has 1 aliphatic rings. The van der Waals surface area contributed by atoms with Gasteiger partial charge in [-0.2, -0.15) is 0 Å². The first-order valence-electron chi connectivity index (χ1n) is 6.45. The van der Waals surface area contributed by atoms with Crippen LogP contribution in [0.25, 0.3) is 0 Å². The van der Waals surface area contributed by atoms with Crippen molar-refractivity contribution in [2.45, 2.75) is 5.92 Å². The number of fused-ring (bicyclic) bond motifs is 1. The van der Waals surface area contributed by atoms with Gasteiger partial charge >= 0.3 is 0 Å². The predicted molar refractivity (Wildman–Crippen MR) is 81.4 cm³/mol. The molecular weight excluding hydrogens is 286 g/mol. The maximum absolute atomic E-state index is 12.3. The van der Waals surface area contributed by atoms with Crippen LogP contribution in [0.15, 0.2) is 30.5 Å². The highest BCUT2D eigenvalue weighted by Crippen LogP contribution is 2.34. The Hall–Kier alpha value is -2.36. The van der Waals surface area contributed by atoms with Crippen molar-refractivity contribution in [1.29, 1.82) is 0 Å². The normalized spacial score (nSPS) is 15.6. The standard InChI is InChI=1S/C15H13N3O2S/c16-7-3-4-10-8-17-15(21-10)18-14(19)12-9-20-13-6-2-1-5-11(12)13/h1-2,5-6,8,12H,7,9,16H2,(H,17,18,19). The van der Waals surface area contributed by atoms with Gasteiger partial charge in [-0.1, -0.05) is 41.4 Å². The molecule has 2 heterocycles. The van der Waals surface area contributed by atoms with Gasteiger partial charge in [-0.05, 0) is 6.07 Å². The minimum atomic E-state index is -0.302. The van der Waals surface area contributed by atoms with E-state index in [-0.39, 0.29) is 11.8 Å². The lowest BCUT2D eigenvalue weighted by Gasteiger charge is -2.07. The predicted octanol–water partition coefficient (Wildman–Crippen LogP) is 1.57. The summed E-state index contributed by atoms with van der Waals surface area (Å²) in [5.41, 5.74) is 6.23. The van der Waals surface area contributed by atoms with E-state index >= 15 is 0 Å². The number of hydrogen-bond donors (Lipinski definition) is 2. The highest BCUT2D eigenvalue weighted by molar-refractivity contribution is 7.16. The molecule has 0 saturated heterocycles. The average Bonchev–Trinajstić information content (AvgIpc) is 3.11. The van der Waals surface area contributed by atoms with Gasteiger partial charge in [-0.15, -0.1) is 0 Å². The van der Waals surface area contributed by atoms with Gasteiger partial charge in [0.2, 0.25) is 5.91 Å². The van der Waals surface area contributed by atoms with Crippen molar-refractivity contribution >= 4 is 22.4 Å². The molecule has 1 aromatic carbocycles. The molecular formula is C15H13N3O2S. The number of nitrogens with zero attached hydrogens (tertiary/aromatic N) is 1. The van der Waals surface area contributed by atoms with Gasteiger partial charge in [-0.25, -0.2) is 4.98 Å². The van der Waals surface area contributed by atoms with Crippen LogP contribution in [-0.4, -0.2) is 24.0 Å². The number of rotatable bonds is 2. The minimum Gasteiger partial charge on any atom is -0.492 e. The Morgan fingerprint density at radius 3 is 3.24 bits per heavy atom. The third-order valence-corrected chi connectivity index (χ3v) is 3.89. The van der Waals surface area contributed by atoms with Crippen molar-refractivity contribution < 1.29 is 9.53 Å². The molecule has 5 nitrogen and oxygen atoms in total. The Labute approximate surface area is 126 Å². The first kappa shape index (κ1) is 13.6. The van der Waals surface area contributed by atoms with E-state index in [0.717, 1.165) is 16.2 Å². The second-order valence-corrected chi connectivity index (χ2v) is 5.46. The van der Waals surface area contributed by atoms with Gasteiger partial charge in [-0.3, -0.25) is 4.79 Å². The Kier molecular flexibility index (Phi) is 3.86.